The van der Waals surface area contributed by atoms with Crippen molar-refractivity contribution in [2.75, 3.05) is 12.4 Å². The van der Waals surface area contributed by atoms with Crippen LogP contribution in [0.2, 0.25) is 0 Å². The first-order valence-electron chi connectivity index (χ1n) is 6.20. The molecule has 7 heteroatoms. The van der Waals surface area contributed by atoms with E-state index < -0.39 is 11.8 Å². The second kappa shape index (κ2) is 6.74. The Bertz CT molecular complexity index is 780. The smallest absolute Gasteiger partial charge is 0.350 e. The fraction of sp³-hybridized carbons (Fsp3) is 0.133. The quantitative estimate of drug-likeness (QED) is 0.394. The van der Waals surface area contributed by atoms with Crippen LogP contribution >= 0.6 is 11.3 Å². The average molecular weight is 316 g/mol. The minimum absolute atomic E-state index is 0.0912. The Balaban J connectivity index is 2.23. The summed E-state index contributed by atoms with van der Waals surface area (Å²) in [5, 5.41) is 13.6. The van der Waals surface area contributed by atoms with Gasteiger partial charge in [-0.3, -0.25) is 4.79 Å². The third-order valence-corrected chi connectivity index (χ3v) is 3.77. The average Bonchev–Trinajstić information content (AvgIpc) is 3.15. The molecule has 0 bridgehead atoms. The van der Waals surface area contributed by atoms with E-state index in [0.29, 0.717) is 21.9 Å². The maximum Gasteiger partial charge on any atom is 0.350 e. The van der Waals surface area contributed by atoms with E-state index in [1.54, 1.807) is 18.4 Å². The van der Waals surface area contributed by atoms with Crippen molar-refractivity contribution < 1.29 is 18.7 Å². The van der Waals surface area contributed by atoms with Crippen molar-refractivity contribution in [1.29, 1.82) is 5.26 Å². The number of hydrogen-bond acceptors (Lipinski definition) is 7. The van der Waals surface area contributed by atoms with Gasteiger partial charge < -0.3 is 14.5 Å². The lowest BCUT2D eigenvalue weighted by Gasteiger charge is -2.03. The number of ketones is 1. The number of carbonyl (C=O) groups excluding carboxylic acids is 2. The SMILES string of the molecule is COC(=O)c1sccc1NC=C(C#N)C(=O)c1ccoc1C. The Morgan fingerprint density at radius 1 is 1.45 bits per heavy atom. The third-order valence-electron chi connectivity index (χ3n) is 2.88. The largest absolute Gasteiger partial charge is 0.469 e. The normalized spacial score (nSPS) is 10.9. The first-order chi connectivity index (χ1) is 10.6. The minimum atomic E-state index is -0.485. The Morgan fingerprint density at radius 2 is 2.23 bits per heavy atom. The molecule has 22 heavy (non-hydrogen) atoms. The lowest BCUT2D eigenvalue weighted by molar-refractivity contribution is 0.0607. The number of furan rings is 1. The van der Waals surface area contributed by atoms with E-state index in [2.05, 4.69) is 10.1 Å². The number of nitrogens with one attached hydrogen (secondary N) is 1. The zero-order valence-corrected chi connectivity index (χ0v) is 12.7. The molecule has 6 nitrogen and oxygen atoms in total. The molecule has 0 amide bonds. The lowest BCUT2D eigenvalue weighted by atomic mass is 10.1. The number of aryl methyl sites for hydroxylation is 1. The number of allylic oxidation sites excluding steroid dienone is 1. The van der Waals surface area contributed by atoms with Crippen molar-refractivity contribution in [1.82, 2.24) is 0 Å². The van der Waals surface area contributed by atoms with E-state index >= 15 is 0 Å². The van der Waals surface area contributed by atoms with Gasteiger partial charge >= 0.3 is 5.97 Å². The van der Waals surface area contributed by atoms with Crippen molar-refractivity contribution in [3.8, 4) is 6.07 Å². The molecular weight excluding hydrogens is 304 g/mol. The van der Waals surface area contributed by atoms with Gasteiger partial charge in [-0.25, -0.2) is 4.79 Å². The summed E-state index contributed by atoms with van der Waals surface area (Å²) in [6.07, 6.45) is 2.66. The zero-order valence-electron chi connectivity index (χ0n) is 11.9. The van der Waals surface area contributed by atoms with Crippen LogP contribution in [0.1, 0.15) is 25.8 Å². The van der Waals surface area contributed by atoms with Gasteiger partial charge in [0.25, 0.3) is 0 Å². The summed E-state index contributed by atoms with van der Waals surface area (Å²) in [5.41, 5.74) is 0.709. The van der Waals surface area contributed by atoms with Crippen LogP contribution in [0.15, 0.2) is 40.0 Å². The summed E-state index contributed by atoms with van der Waals surface area (Å²) < 4.78 is 9.72. The summed E-state index contributed by atoms with van der Waals surface area (Å²) >= 11 is 1.20. The van der Waals surface area contributed by atoms with Crippen LogP contribution < -0.4 is 5.32 Å². The Labute approximate surface area is 130 Å². The molecule has 0 aliphatic rings. The van der Waals surface area contributed by atoms with E-state index in [-0.39, 0.29) is 5.57 Å². The monoisotopic (exact) mass is 316 g/mol. The number of rotatable bonds is 5. The van der Waals surface area contributed by atoms with Gasteiger partial charge in [0, 0.05) is 6.20 Å². The van der Waals surface area contributed by atoms with E-state index in [4.69, 9.17) is 9.68 Å². The molecule has 1 N–H and O–H groups in total. The molecule has 0 aliphatic heterocycles. The molecule has 2 aromatic rings. The first kappa shape index (κ1) is 15.5. The molecule has 0 saturated carbocycles. The van der Waals surface area contributed by atoms with Crippen LogP contribution in [-0.4, -0.2) is 18.9 Å². The van der Waals surface area contributed by atoms with Crippen LogP contribution in [0.25, 0.3) is 0 Å². The van der Waals surface area contributed by atoms with Gasteiger partial charge in [-0.15, -0.1) is 11.3 Å². The number of nitrogens with zero attached hydrogens (tertiary/aromatic N) is 1. The predicted octanol–water partition coefficient (Wildman–Crippen LogP) is 3.14. The fourth-order valence-electron chi connectivity index (χ4n) is 1.74. The van der Waals surface area contributed by atoms with E-state index in [1.165, 1.54) is 37.0 Å². The number of nitriles is 1. The molecule has 0 fully saturated rings. The van der Waals surface area contributed by atoms with Gasteiger partial charge in [-0.05, 0) is 24.4 Å². The maximum absolute atomic E-state index is 12.2. The molecule has 0 aromatic carbocycles. The number of esters is 1. The Hall–Kier alpha value is -2.85. The van der Waals surface area contributed by atoms with E-state index in [1.807, 2.05) is 6.07 Å². The Kier molecular flexibility index (Phi) is 4.76. The standard InChI is InChI=1S/C15H12N2O4S/c1-9-11(3-5-21-9)13(18)10(7-16)8-17-12-4-6-22-14(12)15(19)20-2/h3-6,8,17H,1-2H3. The number of carbonyl (C=O) groups is 2. The van der Waals surface area contributed by atoms with Gasteiger partial charge in [0.1, 0.15) is 22.3 Å². The number of Topliss-reactive ketones (excluding diaryl/α,β-unsaturated/α-hetero) is 1. The van der Waals surface area contributed by atoms with Crippen molar-refractivity contribution >= 4 is 28.8 Å². The zero-order chi connectivity index (χ0) is 16.1. The summed E-state index contributed by atoms with van der Waals surface area (Å²) in [7, 11) is 1.29. The molecule has 2 rings (SSSR count). The second-order valence-corrected chi connectivity index (χ2v) is 5.10. The van der Waals surface area contributed by atoms with E-state index in [9.17, 15) is 9.59 Å². The van der Waals surface area contributed by atoms with Gasteiger partial charge in [0.15, 0.2) is 0 Å². The molecule has 0 unspecified atom stereocenters. The van der Waals surface area contributed by atoms with Crippen molar-refractivity contribution in [3.63, 3.8) is 0 Å². The molecule has 2 heterocycles. The van der Waals surface area contributed by atoms with Crippen molar-refractivity contribution in [2.24, 2.45) is 0 Å². The second-order valence-electron chi connectivity index (χ2n) is 4.19. The number of hydrogen-bond donors (Lipinski definition) is 1. The molecule has 0 aliphatic carbocycles. The summed E-state index contributed by atoms with van der Waals surface area (Å²) in [5.74, 6) is -0.491. The summed E-state index contributed by atoms with van der Waals surface area (Å²) in [6.45, 7) is 1.64. The number of anilines is 1. The molecule has 0 spiro atoms. The highest BCUT2D eigenvalue weighted by Crippen LogP contribution is 2.23. The number of ether oxygens (including phenoxy) is 1. The number of thiophene rings is 1. The highest BCUT2D eigenvalue weighted by Gasteiger charge is 2.17. The molecule has 0 atom stereocenters. The van der Waals surface area contributed by atoms with Gasteiger partial charge in [-0.2, -0.15) is 5.26 Å². The van der Waals surface area contributed by atoms with Gasteiger partial charge in [0.2, 0.25) is 5.78 Å². The molecule has 2 aromatic heterocycles. The summed E-state index contributed by atoms with van der Waals surface area (Å²) in [6, 6.07) is 5.01. The highest BCUT2D eigenvalue weighted by molar-refractivity contribution is 7.12. The Morgan fingerprint density at radius 3 is 2.82 bits per heavy atom. The number of methoxy groups -OCH3 is 1. The van der Waals surface area contributed by atoms with Crippen LogP contribution in [0.3, 0.4) is 0 Å². The molecule has 112 valence electrons. The van der Waals surface area contributed by atoms with Crippen LogP contribution in [0.5, 0.6) is 0 Å². The minimum Gasteiger partial charge on any atom is -0.469 e. The van der Waals surface area contributed by atoms with E-state index in [0.717, 1.165) is 0 Å². The van der Waals surface area contributed by atoms with Crippen LogP contribution in [0, 0.1) is 18.3 Å². The molecular formula is C15H12N2O4S. The van der Waals surface area contributed by atoms with Crippen LogP contribution in [0.4, 0.5) is 5.69 Å². The predicted molar refractivity (Wildman–Crippen MR) is 80.8 cm³/mol. The lowest BCUT2D eigenvalue weighted by Crippen LogP contribution is -2.06. The maximum atomic E-state index is 12.2. The molecule has 0 saturated heterocycles. The first-order valence-corrected chi connectivity index (χ1v) is 7.07. The van der Waals surface area contributed by atoms with Crippen LogP contribution in [-0.2, 0) is 4.74 Å². The third kappa shape index (κ3) is 3.07. The topological polar surface area (TPSA) is 92.3 Å². The summed E-state index contributed by atoms with van der Waals surface area (Å²) in [4.78, 5) is 24.1. The highest BCUT2D eigenvalue weighted by atomic mass is 32.1. The fourth-order valence-corrected chi connectivity index (χ4v) is 2.51. The van der Waals surface area contributed by atoms with Crippen molar-refractivity contribution in [3.05, 3.63) is 51.7 Å². The van der Waals surface area contributed by atoms with Crippen molar-refractivity contribution in [2.45, 2.75) is 6.92 Å². The van der Waals surface area contributed by atoms with Gasteiger partial charge in [0.05, 0.1) is 24.6 Å². The molecule has 0 radical (unpaired) electrons. The van der Waals surface area contributed by atoms with Gasteiger partial charge in [-0.1, -0.05) is 0 Å².